The van der Waals surface area contributed by atoms with E-state index in [1.54, 1.807) is 12.1 Å². The third-order valence-corrected chi connectivity index (χ3v) is 5.85. The molecule has 0 spiro atoms. The summed E-state index contributed by atoms with van der Waals surface area (Å²) in [7, 11) is 0. The van der Waals surface area contributed by atoms with Gasteiger partial charge in [0.05, 0.1) is 13.0 Å². The molecule has 1 aromatic rings. The summed E-state index contributed by atoms with van der Waals surface area (Å²) in [6.07, 6.45) is 12.4. The zero-order chi connectivity index (χ0) is 20.9. The fourth-order valence-corrected chi connectivity index (χ4v) is 3.97. The Balaban J connectivity index is 0.000000313. The quantitative estimate of drug-likeness (QED) is 0.524. The Hall–Kier alpha value is -1.88. The fraction of sp³-hybridized carbons (Fsp3) is 0.625. The van der Waals surface area contributed by atoms with Gasteiger partial charge in [-0.2, -0.15) is 0 Å². The van der Waals surface area contributed by atoms with Gasteiger partial charge in [0, 0.05) is 24.2 Å². The monoisotopic (exact) mass is 405 g/mol. The highest BCUT2D eigenvalue weighted by Gasteiger charge is 2.14. The number of carbonyl (C=O) groups is 1. The summed E-state index contributed by atoms with van der Waals surface area (Å²) in [5.41, 5.74) is 2.33. The van der Waals surface area contributed by atoms with Gasteiger partial charge in [0.2, 0.25) is 0 Å². The Morgan fingerprint density at radius 2 is 1.86 bits per heavy atom. The number of nitrogens with zero attached hydrogens (tertiary/aromatic N) is 1. The third kappa shape index (κ3) is 8.57. The molecule has 0 bridgehead atoms. The summed E-state index contributed by atoms with van der Waals surface area (Å²) in [5, 5.41) is 0. The van der Waals surface area contributed by atoms with E-state index in [0.29, 0.717) is 13.0 Å². The number of halogens is 1. The molecule has 29 heavy (non-hydrogen) atoms. The van der Waals surface area contributed by atoms with Gasteiger partial charge in [-0.1, -0.05) is 63.7 Å². The molecule has 0 N–H and O–H groups in total. The summed E-state index contributed by atoms with van der Waals surface area (Å²) in [5.74, 6) is 1.16. The van der Waals surface area contributed by atoms with Crippen molar-refractivity contribution in [2.75, 3.05) is 26.2 Å². The molecular weight excluding hydrogens is 369 g/mol. The van der Waals surface area contributed by atoms with Crippen LogP contribution in [0.25, 0.3) is 5.57 Å². The second-order valence-corrected chi connectivity index (χ2v) is 7.85. The van der Waals surface area contributed by atoms with Gasteiger partial charge in [0.15, 0.2) is 5.75 Å². The minimum Gasteiger partial charge on any atom is -0.466 e. The van der Waals surface area contributed by atoms with Crippen molar-refractivity contribution < 1.29 is 19.0 Å². The molecule has 2 aliphatic rings. The summed E-state index contributed by atoms with van der Waals surface area (Å²) in [4.78, 5) is 17.2. The maximum atomic E-state index is 12.0. The van der Waals surface area contributed by atoms with Gasteiger partial charge in [-0.25, -0.2) is 0 Å². The lowest BCUT2D eigenvalue weighted by Gasteiger charge is -2.26. The topological polar surface area (TPSA) is 38.8 Å². The van der Waals surface area contributed by atoms with E-state index in [0.717, 1.165) is 37.5 Å². The number of ether oxygens (including phenoxy) is 1. The zero-order valence-corrected chi connectivity index (χ0v) is 18.0. The lowest BCUT2D eigenvalue weighted by molar-refractivity contribution is -0.143. The van der Waals surface area contributed by atoms with Crippen LogP contribution < -0.4 is 4.94 Å². The van der Waals surface area contributed by atoms with E-state index in [9.17, 15) is 9.32 Å². The van der Waals surface area contributed by atoms with Gasteiger partial charge in [-0.05, 0) is 42.5 Å². The summed E-state index contributed by atoms with van der Waals surface area (Å²) in [6, 6.07) is 6.94. The first-order chi connectivity index (χ1) is 14.2. The van der Waals surface area contributed by atoms with Gasteiger partial charge in [-0.15, -0.1) is 0 Å². The number of rotatable bonds is 7. The molecule has 1 saturated carbocycles. The maximum Gasteiger partial charge on any atom is 0.307 e. The molecule has 3 rings (SSSR count). The second kappa shape index (κ2) is 13.4. The van der Waals surface area contributed by atoms with Gasteiger partial charge < -0.3 is 4.74 Å². The molecule has 0 atom stereocenters. The molecule has 1 aliphatic heterocycles. The number of hydrogen-bond acceptors (Lipinski definition) is 4. The molecule has 1 aromatic carbocycles. The molecular formula is C24H36FNO3. The molecule has 0 radical (unpaired) electrons. The van der Waals surface area contributed by atoms with Crippen molar-refractivity contribution >= 4 is 11.5 Å². The van der Waals surface area contributed by atoms with Crippen molar-refractivity contribution in [3.8, 4) is 5.75 Å². The largest absolute Gasteiger partial charge is 0.466 e. The van der Waals surface area contributed by atoms with Crippen LogP contribution >= 0.6 is 0 Å². The van der Waals surface area contributed by atoms with E-state index >= 15 is 0 Å². The van der Waals surface area contributed by atoms with Crippen LogP contribution in [0.4, 0.5) is 4.53 Å². The van der Waals surface area contributed by atoms with Crippen LogP contribution in [0.3, 0.4) is 0 Å². The van der Waals surface area contributed by atoms with Crippen LogP contribution in [0, 0.1) is 5.92 Å². The molecule has 4 nitrogen and oxygen atoms in total. The highest BCUT2D eigenvalue weighted by Crippen LogP contribution is 2.26. The van der Waals surface area contributed by atoms with Crippen molar-refractivity contribution in [2.24, 2.45) is 5.92 Å². The van der Waals surface area contributed by atoms with Crippen LogP contribution in [0.1, 0.15) is 70.8 Å². The van der Waals surface area contributed by atoms with E-state index in [4.69, 9.17) is 4.74 Å². The Morgan fingerprint density at radius 1 is 1.14 bits per heavy atom. The Kier molecular flexibility index (Phi) is 10.8. The predicted molar refractivity (Wildman–Crippen MR) is 115 cm³/mol. The van der Waals surface area contributed by atoms with E-state index in [1.165, 1.54) is 44.1 Å². The minimum absolute atomic E-state index is 0.144. The highest BCUT2D eigenvalue weighted by atomic mass is 19.3. The molecule has 0 unspecified atom stereocenters. The average molecular weight is 406 g/mol. The van der Waals surface area contributed by atoms with Crippen molar-refractivity contribution in [2.45, 2.75) is 65.2 Å². The average Bonchev–Trinajstić information content (AvgIpc) is 2.79. The molecule has 1 heterocycles. The first kappa shape index (κ1) is 23.4. The van der Waals surface area contributed by atoms with Crippen molar-refractivity contribution in [1.29, 1.82) is 0 Å². The van der Waals surface area contributed by atoms with Crippen LogP contribution in [-0.2, 0) is 9.53 Å². The lowest BCUT2D eigenvalue weighted by Crippen LogP contribution is -2.31. The van der Waals surface area contributed by atoms with Gasteiger partial charge in [0.25, 0.3) is 0 Å². The van der Waals surface area contributed by atoms with Gasteiger partial charge in [-0.3, -0.25) is 14.6 Å². The number of carbonyl (C=O) groups excluding carboxylic acids is 1. The molecule has 162 valence electrons. The molecule has 0 saturated heterocycles. The fourth-order valence-electron chi connectivity index (χ4n) is 3.97. The predicted octanol–water partition coefficient (Wildman–Crippen LogP) is 5.97. The van der Waals surface area contributed by atoms with Crippen LogP contribution in [0.2, 0.25) is 0 Å². The van der Waals surface area contributed by atoms with E-state index in [-0.39, 0.29) is 11.7 Å². The summed E-state index contributed by atoms with van der Waals surface area (Å²) < 4.78 is 16.9. The van der Waals surface area contributed by atoms with Crippen LogP contribution in [-0.4, -0.2) is 37.1 Å². The standard InChI is InChI=1S/C16H20FNO3.C8H16/c1-2-20-16(19)9-12-18-10-7-14(8-11-18)13-3-5-15(21-17)6-4-13;1-2-8-6-4-3-5-7-8/h3-7H,2,8-12H2,1H3;8H,2-7H2,1H3. The third-order valence-electron chi connectivity index (χ3n) is 5.85. The van der Waals surface area contributed by atoms with E-state index in [1.807, 2.05) is 19.1 Å². The number of hydrogen-bond donors (Lipinski definition) is 0. The summed E-state index contributed by atoms with van der Waals surface area (Å²) >= 11 is 0. The highest BCUT2D eigenvalue weighted by molar-refractivity contribution is 5.69. The first-order valence-corrected chi connectivity index (χ1v) is 11.1. The lowest BCUT2D eigenvalue weighted by atomic mass is 9.88. The number of esters is 1. The second-order valence-electron chi connectivity index (χ2n) is 7.85. The molecule has 0 amide bonds. The van der Waals surface area contributed by atoms with Crippen LogP contribution in [0.5, 0.6) is 5.75 Å². The Bertz CT molecular complexity index is 624. The van der Waals surface area contributed by atoms with Crippen molar-refractivity contribution in [3.63, 3.8) is 0 Å². The molecule has 1 fully saturated rings. The summed E-state index contributed by atoms with van der Waals surface area (Å²) in [6.45, 7) is 7.00. The Labute approximate surface area is 175 Å². The molecule has 5 heteroatoms. The normalized spacial score (nSPS) is 17.7. The Morgan fingerprint density at radius 3 is 2.38 bits per heavy atom. The molecule has 1 aliphatic carbocycles. The van der Waals surface area contributed by atoms with Crippen molar-refractivity contribution in [3.05, 3.63) is 35.9 Å². The maximum absolute atomic E-state index is 12.0. The van der Waals surface area contributed by atoms with Gasteiger partial charge >= 0.3 is 5.97 Å². The van der Waals surface area contributed by atoms with Gasteiger partial charge in [0.1, 0.15) is 0 Å². The SMILES string of the molecule is CCC1CCCCC1.CCOC(=O)CCN1CC=C(c2ccc(OF)cc2)CC1. The number of benzene rings is 1. The first-order valence-electron chi connectivity index (χ1n) is 11.1. The van der Waals surface area contributed by atoms with E-state index in [2.05, 4.69) is 22.8 Å². The smallest absolute Gasteiger partial charge is 0.307 e. The zero-order valence-electron chi connectivity index (χ0n) is 18.0. The van der Waals surface area contributed by atoms with Crippen molar-refractivity contribution in [1.82, 2.24) is 4.90 Å². The molecule has 0 aromatic heterocycles. The van der Waals surface area contributed by atoms with Crippen LogP contribution in [0.15, 0.2) is 30.3 Å². The van der Waals surface area contributed by atoms with E-state index < -0.39 is 0 Å². The minimum atomic E-state index is -0.144.